The third-order valence-corrected chi connectivity index (χ3v) is 7.46. The van der Waals surface area contributed by atoms with E-state index in [9.17, 15) is 22.0 Å². The van der Waals surface area contributed by atoms with Crippen LogP contribution in [-0.2, 0) is 6.54 Å². The molecule has 41 heavy (non-hydrogen) atoms. The largest absolute Gasteiger partial charge is 0.415 e. The molecule has 2 fully saturated rings. The predicted molar refractivity (Wildman–Crippen MR) is 135 cm³/mol. The van der Waals surface area contributed by atoms with Gasteiger partial charge < -0.3 is 9.32 Å². The van der Waals surface area contributed by atoms with Crippen LogP contribution in [0.15, 0.2) is 47.0 Å². The molecule has 0 N–H and O–H groups in total. The third-order valence-electron chi connectivity index (χ3n) is 7.46. The maximum absolute atomic E-state index is 15.6. The van der Waals surface area contributed by atoms with E-state index in [1.165, 1.54) is 23.0 Å². The zero-order valence-electron chi connectivity index (χ0n) is 21.7. The highest BCUT2D eigenvalue weighted by atomic mass is 19.3. The molecule has 2 aromatic heterocycles. The molecule has 14 heteroatoms. The minimum atomic E-state index is -2.93. The first-order valence-corrected chi connectivity index (χ1v) is 13.1. The molecular weight excluding hydrogens is 552 g/mol. The van der Waals surface area contributed by atoms with Crippen molar-refractivity contribution in [1.82, 2.24) is 30.1 Å². The Kier molecular flexibility index (Phi) is 7.18. The number of benzene rings is 2. The molecule has 1 saturated carbocycles. The lowest BCUT2D eigenvalue weighted by atomic mass is 9.81. The van der Waals surface area contributed by atoms with Crippen LogP contribution in [-0.4, -0.2) is 68.7 Å². The van der Waals surface area contributed by atoms with Crippen LogP contribution < -0.4 is 4.90 Å². The van der Waals surface area contributed by atoms with Gasteiger partial charge in [-0.3, -0.25) is 4.90 Å². The Bertz CT molecular complexity index is 1520. The SMILES string of the molecule is Fc1cc(-c2nnc(C(F)F)o2)ccc1Cn1cc(-c2cccc(N3CCN(CC4CC(F)(F)C4)CC3)c2F)nn1. The molecule has 3 heterocycles. The second-order valence-corrected chi connectivity index (χ2v) is 10.4. The van der Waals surface area contributed by atoms with Crippen molar-refractivity contribution in [3.63, 3.8) is 0 Å². The number of hydrogen-bond donors (Lipinski definition) is 0. The third kappa shape index (κ3) is 5.78. The number of aromatic nitrogens is 5. The molecule has 1 aliphatic heterocycles. The van der Waals surface area contributed by atoms with Crippen molar-refractivity contribution in [2.75, 3.05) is 37.6 Å². The summed E-state index contributed by atoms with van der Waals surface area (Å²) in [5, 5.41) is 14.8. The van der Waals surface area contributed by atoms with Gasteiger partial charge in [0.15, 0.2) is 5.82 Å². The average Bonchev–Trinajstić information content (AvgIpc) is 3.60. The standard InChI is InChI=1S/C27H25F6N7O/c28-20-10-17(25-35-36-26(41-25)24(30)31)4-5-18(20)14-40-15-21(34-37-40)19-2-1-3-22(23(19)29)39-8-6-38(7-9-39)13-16-11-27(32,33)12-16/h1-5,10,15-16,24H,6-9,11-14H2. The molecule has 216 valence electrons. The molecule has 0 amide bonds. The second kappa shape index (κ2) is 10.8. The fourth-order valence-corrected chi connectivity index (χ4v) is 5.33. The molecule has 8 nitrogen and oxygen atoms in total. The van der Waals surface area contributed by atoms with Gasteiger partial charge >= 0.3 is 6.43 Å². The number of nitrogens with zero attached hydrogens (tertiary/aromatic N) is 7. The van der Waals surface area contributed by atoms with E-state index in [0.717, 1.165) is 6.07 Å². The molecule has 4 aromatic rings. The highest BCUT2D eigenvalue weighted by Crippen LogP contribution is 2.42. The van der Waals surface area contributed by atoms with Crippen molar-refractivity contribution >= 4 is 5.69 Å². The van der Waals surface area contributed by atoms with Crippen LogP contribution in [0, 0.1) is 17.6 Å². The van der Waals surface area contributed by atoms with Gasteiger partial charge in [-0.25, -0.2) is 22.2 Å². The highest BCUT2D eigenvalue weighted by molar-refractivity contribution is 5.66. The van der Waals surface area contributed by atoms with Crippen molar-refractivity contribution in [2.24, 2.45) is 5.92 Å². The van der Waals surface area contributed by atoms with E-state index >= 15 is 4.39 Å². The Hall–Kier alpha value is -3.94. The van der Waals surface area contributed by atoms with Crippen molar-refractivity contribution in [1.29, 1.82) is 0 Å². The van der Waals surface area contributed by atoms with Crippen molar-refractivity contribution < 1.29 is 30.8 Å². The lowest BCUT2D eigenvalue weighted by Gasteiger charge is -2.42. The molecule has 1 aliphatic carbocycles. The molecule has 0 bridgehead atoms. The van der Waals surface area contributed by atoms with E-state index in [1.54, 1.807) is 18.2 Å². The monoisotopic (exact) mass is 577 g/mol. The number of anilines is 1. The first kappa shape index (κ1) is 27.2. The molecule has 0 spiro atoms. The van der Waals surface area contributed by atoms with E-state index in [2.05, 4.69) is 25.4 Å². The van der Waals surface area contributed by atoms with Crippen molar-refractivity contribution in [3.05, 3.63) is 65.7 Å². The highest BCUT2D eigenvalue weighted by Gasteiger charge is 2.45. The topological polar surface area (TPSA) is 76.1 Å². The molecule has 2 aliphatic rings. The summed E-state index contributed by atoms with van der Waals surface area (Å²) >= 11 is 0. The lowest BCUT2D eigenvalue weighted by Crippen LogP contribution is -2.50. The summed E-state index contributed by atoms with van der Waals surface area (Å²) < 4.78 is 88.3. The van der Waals surface area contributed by atoms with E-state index in [1.807, 2.05) is 4.90 Å². The Labute approximate surface area is 230 Å². The van der Waals surface area contributed by atoms with Crippen LogP contribution >= 0.6 is 0 Å². The minimum absolute atomic E-state index is 0.0112. The zero-order chi connectivity index (χ0) is 28.7. The average molecular weight is 578 g/mol. The van der Waals surface area contributed by atoms with E-state index < -0.39 is 29.9 Å². The van der Waals surface area contributed by atoms with E-state index in [4.69, 9.17) is 4.42 Å². The van der Waals surface area contributed by atoms with Gasteiger partial charge in [-0.2, -0.15) is 8.78 Å². The number of rotatable bonds is 8. The van der Waals surface area contributed by atoms with Crippen LogP contribution in [0.2, 0.25) is 0 Å². The smallest absolute Gasteiger partial charge is 0.314 e. The van der Waals surface area contributed by atoms with Crippen LogP contribution in [0.5, 0.6) is 0 Å². The number of hydrogen-bond acceptors (Lipinski definition) is 7. The van der Waals surface area contributed by atoms with Gasteiger partial charge in [-0.1, -0.05) is 17.3 Å². The summed E-state index contributed by atoms with van der Waals surface area (Å²) in [7, 11) is 0. The normalized spacial score (nSPS) is 17.8. The lowest BCUT2D eigenvalue weighted by molar-refractivity contribution is -0.116. The maximum atomic E-state index is 15.6. The Morgan fingerprint density at radius 1 is 0.976 bits per heavy atom. The second-order valence-electron chi connectivity index (χ2n) is 10.4. The van der Waals surface area contributed by atoms with Gasteiger partial charge in [0.1, 0.15) is 11.5 Å². The molecule has 1 saturated heterocycles. The Morgan fingerprint density at radius 2 is 1.76 bits per heavy atom. The Morgan fingerprint density at radius 3 is 2.44 bits per heavy atom. The van der Waals surface area contributed by atoms with Crippen molar-refractivity contribution in [3.8, 4) is 22.7 Å². The molecule has 6 rings (SSSR count). The summed E-state index contributed by atoms with van der Waals surface area (Å²) in [4.78, 5) is 4.08. The molecule has 2 aromatic carbocycles. The molecule has 0 unspecified atom stereocenters. The zero-order valence-corrected chi connectivity index (χ0v) is 21.7. The summed E-state index contributed by atoms with van der Waals surface area (Å²) in [6.45, 7) is 3.08. The minimum Gasteiger partial charge on any atom is -0.415 e. The van der Waals surface area contributed by atoms with Gasteiger partial charge in [0.25, 0.3) is 5.89 Å². The first-order chi connectivity index (χ1) is 19.6. The van der Waals surface area contributed by atoms with E-state index in [0.29, 0.717) is 38.4 Å². The number of alkyl halides is 4. The number of piperazine rings is 1. The van der Waals surface area contributed by atoms with Crippen LogP contribution in [0.25, 0.3) is 22.7 Å². The quantitative estimate of drug-likeness (QED) is 0.259. The van der Waals surface area contributed by atoms with Gasteiger partial charge in [0.05, 0.1) is 18.4 Å². The molecular formula is C27H25F6N7O. The van der Waals surface area contributed by atoms with Gasteiger partial charge in [0.2, 0.25) is 11.8 Å². The summed E-state index contributed by atoms with van der Waals surface area (Å²) in [5.41, 5.74) is 1.32. The van der Waals surface area contributed by atoms with Gasteiger partial charge in [0, 0.05) is 62.3 Å². The fraction of sp³-hybridized carbons (Fsp3) is 0.407. The Balaban J connectivity index is 1.11. The van der Waals surface area contributed by atoms with Crippen LogP contribution in [0.4, 0.5) is 32.0 Å². The first-order valence-electron chi connectivity index (χ1n) is 13.1. The summed E-state index contributed by atoms with van der Waals surface area (Å²) in [6.07, 6.45) is -1.55. The number of halogens is 6. The maximum Gasteiger partial charge on any atom is 0.314 e. The van der Waals surface area contributed by atoms with Gasteiger partial charge in [-0.15, -0.1) is 15.3 Å². The van der Waals surface area contributed by atoms with Crippen molar-refractivity contribution in [2.45, 2.75) is 31.7 Å². The van der Waals surface area contributed by atoms with Gasteiger partial charge in [-0.05, 0) is 30.2 Å². The fourth-order valence-electron chi connectivity index (χ4n) is 5.33. The van der Waals surface area contributed by atoms with Crippen LogP contribution in [0.3, 0.4) is 0 Å². The summed E-state index contributed by atoms with van der Waals surface area (Å²) in [5.74, 6) is -4.69. The molecule has 0 atom stereocenters. The summed E-state index contributed by atoms with van der Waals surface area (Å²) in [6, 6.07) is 9.01. The van der Waals surface area contributed by atoms with Crippen LogP contribution in [0.1, 0.15) is 30.7 Å². The molecule has 0 radical (unpaired) electrons. The predicted octanol–water partition coefficient (Wildman–Crippen LogP) is 5.43. The van der Waals surface area contributed by atoms with E-state index in [-0.39, 0.29) is 53.6 Å².